The highest BCUT2D eigenvalue weighted by atomic mass is 32.2. The number of aromatic nitrogens is 2. The van der Waals surface area contributed by atoms with Gasteiger partial charge in [-0.3, -0.25) is 0 Å². The molecule has 94 valence electrons. The normalized spacial score (nSPS) is 17.2. The molecule has 1 aromatic rings. The standard InChI is InChI=1S/C11H17N3O2S/c1-8(2)11-12-6-9-7-14(17(3,15)16)5-4-10(9)13-11/h6,8H,4-5,7H2,1-3H3. The highest BCUT2D eigenvalue weighted by Gasteiger charge is 2.24. The van der Waals surface area contributed by atoms with Gasteiger partial charge < -0.3 is 0 Å². The summed E-state index contributed by atoms with van der Waals surface area (Å²) in [6.45, 7) is 5.01. The summed E-state index contributed by atoms with van der Waals surface area (Å²) >= 11 is 0. The first kappa shape index (κ1) is 12.4. The van der Waals surface area contributed by atoms with Crippen molar-refractivity contribution in [2.75, 3.05) is 12.8 Å². The largest absolute Gasteiger partial charge is 0.241 e. The van der Waals surface area contributed by atoms with E-state index >= 15 is 0 Å². The van der Waals surface area contributed by atoms with Gasteiger partial charge in [-0.15, -0.1) is 0 Å². The smallest absolute Gasteiger partial charge is 0.211 e. The Morgan fingerprint density at radius 3 is 2.71 bits per heavy atom. The molecule has 2 rings (SSSR count). The number of nitrogens with zero attached hydrogens (tertiary/aromatic N) is 3. The van der Waals surface area contributed by atoms with Crippen LogP contribution in [0.5, 0.6) is 0 Å². The van der Waals surface area contributed by atoms with Crippen LogP contribution in [0.25, 0.3) is 0 Å². The molecule has 1 aromatic heterocycles. The van der Waals surface area contributed by atoms with Crippen molar-refractivity contribution >= 4 is 10.0 Å². The van der Waals surface area contributed by atoms with E-state index < -0.39 is 10.0 Å². The molecular weight excluding hydrogens is 238 g/mol. The fourth-order valence-corrected chi connectivity index (χ4v) is 2.66. The fraction of sp³-hybridized carbons (Fsp3) is 0.636. The first-order valence-corrected chi connectivity index (χ1v) is 7.52. The molecule has 2 heterocycles. The van der Waals surface area contributed by atoms with Crippen LogP contribution in [-0.4, -0.2) is 35.5 Å². The molecule has 0 amide bonds. The summed E-state index contributed by atoms with van der Waals surface area (Å²) in [4.78, 5) is 8.77. The second kappa shape index (κ2) is 4.34. The molecule has 0 N–H and O–H groups in total. The minimum Gasteiger partial charge on any atom is -0.241 e. The molecule has 5 nitrogen and oxygen atoms in total. The van der Waals surface area contributed by atoms with E-state index in [1.165, 1.54) is 10.6 Å². The lowest BCUT2D eigenvalue weighted by Gasteiger charge is -2.26. The molecule has 1 aliphatic rings. The van der Waals surface area contributed by atoms with Crippen LogP contribution in [0.4, 0.5) is 0 Å². The maximum absolute atomic E-state index is 11.5. The summed E-state index contributed by atoms with van der Waals surface area (Å²) in [5.74, 6) is 1.13. The second-order valence-electron chi connectivity index (χ2n) is 4.70. The summed E-state index contributed by atoms with van der Waals surface area (Å²) in [5, 5.41) is 0. The Bertz CT molecular complexity index is 526. The van der Waals surface area contributed by atoms with Crippen LogP contribution in [0.2, 0.25) is 0 Å². The van der Waals surface area contributed by atoms with Gasteiger partial charge in [0.1, 0.15) is 5.82 Å². The van der Waals surface area contributed by atoms with E-state index in [4.69, 9.17) is 0 Å². The minimum absolute atomic E-state index is 0.299. The van der Waals surface area contributed by atoms with Crippen molar-refractivity contribution in [1.29, 1.82) is 0 Å². The Kier molecular flexibility index (Phi) is 3.18. The average molecular weight is 255 g/mol. The van der Waals surface area contributed by atoms with Gasteiger partial charge in [-0.25, -0.2) is 18.4 Å². The van der Waals surface area contributed by atoms with Crippen LogP contribution >= 0.6 is 0 Å². The summed E-state index contributed by atoms with van der Waals surface area (Å²) in [7, 11) is -3.12. The van der Waals surface area contributed by atoms with Crippen molar-refractivity contribution in [2.45, 2.75) is 32.7 Å². The zero-order valence-corrected chi connectivity index (χ0v) is 11.2. The maximum atomic E-state index is 11.5. The average Bonchev–Trinajstić information content (AvgIpc) is 2.26. The zero-order chi connectivity index (χ0) is 12.6. The molecule has 0 saturated carbocycles. The zero-order valence-electron chi connectivity index (χ0n) is 10.3. The highest BCUT2D eigenvalue weighted by Crippen LogP contribution is 2.20. The summed E-state index contributed by atoms with van der Waals surface area (Å²) < 4.78 is 24.4. The predicted molar refractivity (Wildman–Crippen MR) is 65.1 cm³/mol. The summed E-state index contributed by atoms with van der Waals surface area (Å²) in [6, 6.07) is 0. The Labute approximate surface area is 102 Å². The molecule has 0 spiro atoms. The van der Waals surface area contributed by atoms with Crippen molar-refractivity contribution in [3.63, 3.8) is 0 Å². The third-order valence-electron chi connectivity index (χ3n) is 2.90. The van der Waals surface area contributed by atoms with Crippen LogP contribution < -0.4 is 0 Å². The number of hydrogen-bond donors (Lipinski definition) is 0. The topological polar surface area (TPSA) is 63.2 Å². The summed E-state index contributed by atoms with van der Waals surface area (Å²) in [5.41, 5.74) is 1.91. The van der Waals surface area contributed by atoms with E-state index in [9.17, 15) is 8.42 Å². The van der Waals surface area contributed by atoms with Gasteiger partial charge in [-0.1, -0.05) is 13.8 Å². The van der Waals surface area contributed by atoms with Crippen molar-refractivity contribution in [1.82, 2.24) is 14.3 Å². The molecule has 0 fully saturated rings. The molecule has 0 radical (unpaired) electrons. The van der Waals surface area contributed by atoms with Gasteiger partial charge >= 0.3 is 0 Å². The van der Waals surface area contributed by atoms with Crippen molar-refractivity contribution in [3.05, 3.63) is 23.3 Å². The van der Waals surface area contributed by atoms with Gasteiger partial charge in [0, 0.05) is 42.9 Å². The van der Waals surface area contributed by atoms with Gasteiger partial charge in [0.25, 0.3) is 0 Å². The molecule has 0 unspecified atom stereocenters. The Morgan fingerprint density at radius 1 is 1.41 bits per heavy atom. The van der Waals surface area contributed by atoms with Crippen molar-refractivity contribution in [2.24, 2.45) is 0 Å². The molecule has 6 heteroatoms. The van der Waals surface area contributed by atoms with Crippen LogP contribution in [0.15, 0.2) is 6.20 Å². The molecule has 1 aliphatic heterocycles. The molecule has 0 aromatic carbocycles. The molecule has 0 atom stereocenters. The maximum Gasteiger partial charge on any atom is 0.211 e. The van der Waals surface area contributed by atoms with Crippen molar-refractivity contribution < 1.29 is 8.42 Å². The Hall–Kier alpha value is -1.01. The van der Waals surface area contributed by atoms with Gasteiger partial charge in [-0.2, -0.15) is 4.31 Å². The Balaban J connectivity index is 2.29. The van der Waals surface area contributed by atoms with Gasteiger partial charge in [0.2, 0.25) is 10.0 Å². The van der Waals surface area contributed by atoms with E-state index in [2.05, 4.69) is 9.97 Å². The van der Waals surface area contributed by atoms with Crippen LogP contribution in [0, 0.1) is 0 Å². The fourth-order valence-electron chi connectivity index (χ4n) is 1.87. The van der Waals surface area contributed by atoms with Gasteiger partial charge in [0.05, 0.1) is 6.26 Å². The van der Waals surface area contributed by atoms with E-state index in [1.807, 2.05) is 13.8 Å². The molecular formula is C11H17N3O2S. The van der Waals surface area contributed by atoms with E-state index in [-0.39, 0.29) is 0 Å². The Morgan fingerprint density at radius 2 is 2.12 bits per heavy atom. The minimum atomic E-state index is -3.12. The number of hydrogen-bond acceptors (Lipinski definition) is 4. The van der Waals surface area contributed by atoms with E-state index in [0.717, 1.165) is 17.1 Å². The summed E-state index contributed by atoms with van der Waals surface area (Å²) in [6.07, 6.45) is 3.67. The number of fused-ring (bicyclic) bond motifs is 1. The van der Waals surface area contributed by atoms with E-state index in [1.54, 1.807) is 6.20 Å². The molecule has 17 heavy (non-hydrogen) atoms. The lowest BCUT2D eigenvalue weighted by Crippen LogP contribution is -2.35. The molecule has 0 saturated heterocycles. The predicted octanol–water partition coefficient (Wildman–Crippen LogP) is 0.918. The number of rotatable bonds is 2. The lowest BCUT2D eigenvalue weighted by atomic mass is 10.1. The highest BCUT2D eigenvalue weighted by molar-refractivity contribution is 7.88. The monoisotopic (exact) mass is 255 g/mol. The number of sulfonamides is 1. The second-order valence-corrected chi connectivity index (χ2v) is 6.68. The van der Waals surface area contributed by atoms with Gasteiger partial charge in [0.15, 0.2) is 0 Å². The molecule has 0 aliphatic carbocycles. The van der Waals surface area contributed by atoms with Crippen molar-refractivity contribution in [3.8, 4) is 0 Å². The third-order valence-corrected chi connectivity index (χ3v) is 4.15. The first-order chi connectivity index (χ1) is 7.88. The molecule has 0 bridgehead atoms. The van der Waals surface area contributed by atoms with E-state index in [0.29, 0.717) is 25.4 Å². The SMILES string of the molecule is CC(C)c1ncc2c(n1)CCN(S(C)(=O)=O)C2. The lowest BCUT2D eigenvalue weighted by molar-refractivity contribution is 0.389. The van der Waals surface area contributed by atoms with Crippen LogP contribution in [0.1, 0.15) is 36.8 Å². The first-order valence-electron chi connectivity index (χ1n) is 5.67. The van der Waals surface area contributed by atoms with Crippen LogP contribution in [-0.2, 0) is 23.0 Å². The van der Waals surface area contributed by atoms with Crippen LogP contribution in [0.3, 0.4) is 0 Å². The quantitative estimate of drug-likeness (QED) is 0.788. The van der Waals surface area contributed by atoms with Gasteiger partial charge in [-0.05, 0) is 0 Å². The third kappa shape index (κ3) is 2.63.